The van der Waals surface area contributed by atoms with Gasteiger partial charge in [0.2, 0.25) is 0 Å². The number of hydrogen-bond donors (Lipinski definition) is 1. The molecule has 0 bridgehead atoms. The van der Waals surface area contributed by atoms with Crippen LogP contribution in [0.3, 0.4) is 0 Å². The number of nitrogens with zero attached hydrogens (tertiary/aromatic N) is 1. The minimum Gasteiger partial charge on any atom is -0.494 e. The normalized spacial score (nSPS) is 15.0. The fraction of sp³-hybridized carbons (Fsp3) is 0.115. The van der Waals surface area contributed by atoms with Gasteiger partial charge in [-0.2, -0.15) is 0 Å². The van der Waals surface area contributed by atoms with Crippen LogP contribution in [0.2, 0.25) is 5.02 Å². The van der Waals surface area contributed by atoms with Gasteiger partial charge in [-0.3, -0.25) is 19.8 Å². The highest BCUT2D eigenvalue weighted by Crippen LogP contribution is 2.32. The molecule has 3 aromatic rings. The van der Waals surface area contributed by atoms with Gasteiger partial charge in [-0.05, 0) is 89.3 Å². The molecular formula is C26H20ClIN2O3S. The summed E-state index contributed by atoms with van der Waals surface area (Å²) < 4.78 is 6.87. The molecule has 0 radical (unpaired) electrons. The largest absolute Gasteiger partial charge is 0.494 e. The molecule has 1 aliphatic rings. The van der Waals surface area contributed by atoms with Crippen LogP contribution in [0.1, 0.15) is 23.6 Å². The van der Waals surface area contributed by atoms with Crippen LogP contribution >= 0.6 is 46.4 Å². The average Bonchev–Trinajstić information content (AvgIpc) is 2.81. The fourth-order valence-electron chi connectivity index (χ4n) is 3.64. The van der Waals surface area contributed by atoms with Gasteiger partial charge in [-0.15, -0.1) is 0 Å². The van der Waals surface area contributed by atoms with Crippen LogP contribution < -0.4 is 15.0 Å². The predicted molar refractivity (Wildman–Crippen MR) is 147 cm³/mol. The Balaban J connectivity index is 1.73. The molecule has 3 aromatic carbocycles. The van der Waals surface area contributed by atoms with Crippen molar-refractivity contribution in [2.24, 2.45) is 0 Å². The number of ether oxygens (including phenoxy) is 1. The van der Waals surface area contributed by atoms with Crippen LogP contribution in [0, 0.1) is 3.57 Å². The first-order chi connectivity index (χ1) is 16.4. The summed E-state index contributed by atoms with van der Waals surface area (Å²) in [5.41, 5.74) is 3.24. The molecule has 8 heteroatoms. The molecule has 0 aromatic heterocycles. The highest BCUT2D eigenvalue weighted by atomic mass is 127. The number of anilines is 1. The van der Waals surface area contributed by atoms with Crippen LogP contribution in [0.4, 0.5) is 5.69 Å². The average molecular weight is 603 g/mol. The molecule has 0 atom stereocenters. The highest BCUT2D eigenvalue weighted by Gasteiger charge is 2.34. The summed E-state index contributed by atoms with van der Waals surface area (Å²) in [4.78, 5) is 27.3. The zero-order chi connectivity index (χ0) is 24.2. The monoisotopic (exact) mass is 602 g/mol. The number of carbonyl (C=O) groups is 2. The predicted octanol–water partition coefficient (Wildman–Crippen LogP) is 5.77. The zero-order valence-corrected chi connectivity index (χ0v) is 21.9. The Labute approximate surface area is 221 Å². The van der Waals surface area contributed by atoms with Crippen molar-refractivity contribution in [2.75, 3.05) is 11.5 Å². The van der Waals surface area contributed by atoms with Crippen molar-refractivity contribution in [3.8, 4) is 5.75 Å². The summed E-state index contributed by atoms with van der Waals surface area (Å²) in [6.07, 6.45) is 2.17. The minimum absolute atomic E-state index is 0.00504. The molecule has 1 N–H and O–H groups in total. The fourth-order valence-corrected chi connectivity index (χ4v) is 4.94. The first-order valence-electron chi connectivity index (χ1n) is 10.5. The van der Waals surface area contributed by atoms with Gasteiger partial charge in [0.1, 0.15) is 11.3 Å². The maximum atomic E-state index is 13.3. The van der Waals surface area contributed by atoms with Gasteiger partial charge in [-0.1, -0.05) is 48.0 Å². The van der Waals surface area contributed by atoms with E-state index in [-0.39, 0.29) is 10.7 Å². The van der Waals surface area contributed by atoms with E-state index in [1.165, 1.54) is 4.90 Å². The lowest BCUT2D eigenvalue weighted by molar-refractivity contribution is -0.122. The molecule has 1 saturated heterocycles. The molecule has 0 unspecified atom stereocenters. The number of hydrogen-bond acceptors (Lipinski definition) is 4. The Morgan fingerprint density at radius 2 is 1.79 bits per heavy atom. The van der Waals surface area contributed by atoms with E-state index in [0.29, 0.717) is 35.1 Å². The Hall–Kier alpha value is -2.75. The lowest BCUT2D eigenvalue weighted by Crippen LogP contribution is -2.54. The van der Waals surface area contributed by atoms with Gasteiger partial charge in [0.25, 0.3) is 11.8 Å². The van der Waals surface area contributed by atoms with E-state index in [1.54, 1.807) is 30.3 Å². The van der Waals surface area contributed by atoms with Crippen molar-refractivity contribution >= 4 is 75.1 Å². The third kappa shape index (κ3) is 5.16. The number of halogens is 2. The maximum absolute atomic E-state index is 13.3. The Bertz CT molecular complexity index is 1310. The van der Waals surface area contributed by atoms with Gasteiger partial charge < -0.3 is 4.74 Å². The number of para-hydroxylation sites is 1. The van der Waals surface area contributed by atoms with Crippen molar-refractivity contribution < 1.29 is 14.3 Å². The third-order valence-corrected chi connectivity index (χ3v) is 6.84. The van der Waals surface area contributed by atoms with Crippen LogP contribution in [0.25, 0.3) is 6.08 Å². The number of thiocarbonyl (C=S) groups is 1. The molecule has 34 heavy (non-hydrogen) atoms. The lowest BCUT2D eigenvalue weighted by Gasteiger charge is -2.28. The molecule has 172 valence electrons. The van der Waals surface area contributed by atoms with E-state index >= 15 is 0 Å². The number of amides is 2. The summed E-state index contributed by atoms with van der Waals surface area (Å²) in [5, 5.41) is 3.36. The molecule has 5 nitrogen and oxygen atoms in total. The number of rotatable bonds is 6. The van der Waals surface area contributed by atoms with Crippen molar-refractivity contribution in [3.63, 3.8) is 0 Å². The van der Waals surface area contributed by atoms with E-state index < -0.39 is 11.8 Å². The van der Waals surface area contributed by atoms with Gasteiger partial charge in [0.05, 0.1) is 12.3 Å². The standard InChI is InChI=1S/C26H20ClIN2O3S/c1-2-33-23-14-16(13-22(28)19(23)15-17-8-6-7-11-21(17)27)12-20-24(31)29-26(34)30(25(20)32)18-9-4-3-5-10-18/h3-14H,2,15H2,1H3,(H,29,31,34)/b20-12-. The van der Waals surface area contributed by atoms with E-state index in [9.17, 15) is 9.59 Å². The second-order valence-corrected chi connectivity index (χ2v) is 9.43. The molecule has 0 aliphatic carbocycles. The Morgan fingerprint density at radius 1 is 1.09 bits per heavy atom. The van der Waals surface area contributed by atoms with Crippen LogP contribution in [0.5, 0.6) is 5.75 Å². The second-order valence-electron chi connectivity index (χ2n) is 7.47. The molecule has 0 spiro atoms. The number of carbonyl (C=O) groups excluding carboxylic acids is 2. The van der Waals surface area contributed by atoms with Crippen molar-refractivity contribution in [2.45, 2.75) is 13.3 Å². The van der Waals surface area contributed by atoms with Gasteiger partial charge in [0.15, 0.2) is 5.11 Å². The quantitative estimate of drug-likeness (QED) is 0.169. The summed E-state index contributed by atoms with van der Waals surface area (Å²) in [5.74, 6) is -0.330. The summed E-state index contributed by atoms with van der Waals surface area (Å²) in [6.45, 7) is 2.38. The van der Waals surface area contributed by atoms with Gasteiger partial charge >= 0.3 is 0 Å². The molecule has 0 saturated carbocycles. The van der Waals surface area contributed by atoms with Crippen LogP contribution in [0.15, 0.2) is 72.3 Å². The first-order valence-corrected chi connectivity index (χ1v) is 12.4. The van der Waals surface area contributed by atoms with Crippen LogP contribution in [-0.2, 0) is 16.0 Å². The van der Waals surface area contributed by atoms with Crippen molar-refractivity contribution in [1.82, 2.24) is 5.32 Å². The number of nitrogens with one attached hydrogen (secondary N) is 1. The van der Waals surface area contributed by atoms with Crippen LogP contribution in [-0.4, -0.2) is 23.5 Å². The number of benzene rings is 3. The summed E-state index contributed by atoms with van der Waals surface area (Å²) >= 11 is 13.9. The Kier molecular flexibility index (Phi) is 7.65. The Morgan fingerprint density at radius 3 is 2.50 bits per heavy atom. The van der Waals surface area contributed by atoms with E-state index in [4.69, 9.17) is 28.6 Å². The van der Waals surface area contributed by atoms with Crippen molar-refractivity contribution in [1.29, 1.82) is 0 Å². The summed E-state index contributed by atoms with van der Waals surface area (Å²) in [6, 6.07) is 20.4. The summed E-state index contributed by atoms with van der Waals surface area (Å²) in [7, 11) is 0. The van der Waals surface area contributed by atoms with Crippen molar-refractivity contribution in [3.05, 3.63) is 97.6 Å². The third-order valence-electron chi connectivity index (χ3n) is 5.23. The van der Waals surface area contributed by atoms with Gasteiger partial charge in [-0.25, -0.2) is 0 Å². The first kappa shape index (κ1) is 24.4. The molecule has 1 fully saturated rings. The minimum atomic E-state index is -0.532. The molecule has 4 rings (SSSR count). The van der Waals surface area contributed by atoms with E-state index in [2.05, 4.69) is 27.9 Å². The van der Waals surface area contributed by atoms with E-state index in [0.717, 1.165) is 14.7 Å². The second kappa shape index (κ2) is 10.7. The lowest BCUT2D eigenvalue weighted by atomic mass is 10.0. The molecule has 2 amide bonds. The highest BCUT2D eigenvalue weighted by molar-refractivity contribution is 14.1. The molecule has 1 heterocycles. The molecule has 1 aliphatic heterocycles. The molecular weight excluding hydrogens is 583 g/mol. The van der Waals surface area contributed by atoms with E-state index in [1.807, 2.05) is 49.4 Å². The zero-order valence-electron chi connectivity index (χ0n) is 18.2. The SMILES string of the molecule is CCOc1cc(/C=C2/C(=O)NC(=S)N(c3ccccc3)C2=O)cc(I)c1Cc1ccccc1Cl. The van der Waals surface area contributed by atoms with Gasteiger partial charge in [0, 0.05) is 20.6 Å². The maximum Gasteiger partial charge on any atom is 0.270 e. The topological polar surface area (TPSA) is 58.6 Å². The smallest absolute Gasteiger partial charge is 0.270 e.